The normalized spacial score (nSPS) is 14.6. The molecule has 0 aliphatic carbocycles. The van der Waals surface area contributed by atoms with Crippen LogP contribution in [0, 0.1) is 0 Å². The van der Waals surface area contributed by atoms with Gasteiger partial charge in [0.2, 0.25) is 5.83 Å². The second-order valence-corrected chi connectivity index (χ2v) is 6.68. The summed E-state index contributed by atoms with van der Waals surface area (Å²) in [7, 11) is -6.29. The highest BCUT2D eigenvalue weighted by molar-refractivity contribution is 7.86. The standard InChI is InChI=1S/C14H11F6NO7S/c1-8(15)10(22)28-13(14(18,19)20,27-7-12(16,17)29(24,25)26)11(23)21-9-5-3-2-4-6-9/h2-6H,1,7H2,(H,21,23)(H,24,25,26). The number of amides is 1. The number of para-hydroxylation sites is 1. The third kappa shape index (κ3) is 5.68. The number of halogens is 6. The molecule has 0 saturated heterocycles. The van der Waals surface area contributed by atoms with Crippen molar-refractivity contribution in [2.45, 2.75) is 17.2 Å². The first-order chi connectivity index (χ1) is 13.0. The summed E-state index contributed by atoms with van der Waals surface area (Å²) in [5.41, 5.74) is -0.355. The fraction of sp³-hybridized carbons (Fsp3) is 0.286. The molecule has 1 rings (SSSR count). The molecule has 0 aliphatic heterocycles. The number of hydrogen-bond donors (Lipinski definition) is 2. The summed E-state index contributed by atoms with van der Waals surface area (Å²) in [6.45, 7) is -0.459. The lowest BCUT2D eigenvalue weighted by molar-refractivity contribution is -0.351. The number of anilines is 1. The monoisotopic (exact) mass is 451 g/mol. The Morgan fingerprint density at radius 3 is 2.03 bits per heavy atom. The number of carbonyl (C=O) groups excluding carboxylic acids is 2. The van der Waals surface area contributed by atoms with E-state index in [1.54, 1.807) is 0 Å². The molecule has 0 radical (unpaired) electrons. The molecular weight excluding hydrogens is 440 g/mol. The first kappa shape index (κ1) is 24.4. The van der Waals surface area contributed by atoms with Crippen LogP contribution in [0.2, 0.25) is 0 Å². The number of alkyl halides is 5. The first-order valence-electron chi connectivity index (χ1n) is 7.03. The molecule has 0 saturated carbocycles. The molecule has 8 nitrogen and oxygen atoms in total. The van der Waals surface area contributed by atoms with Crippen LogP contribution in [-0.2, 0) is 29.2 Å². The van der Waals surface area contributed by atoms with Gasteiger partial charge < -0.3 is 14.8 Å². The van der Waals surface area contributed by atoms with E-state index in [0.29, 0.717) is 0 Å². The molecule has 1 aromatic rings. The minimum absolute atomic E-state index is 0.355. The van der Waals surface area contributed by atoms with E-state index in [9.17, 15) is 44.3 Å². The predicted molar refractivity (Wildman–Crippen MR) is 82.6 cm³/mol. The van der Waals surface area contributed by atoms with E-state index in [1.165, 1.54) is 23.5 Å². The van der Waals surface area contributed by atoms with Gasteiger partial charge in [-0.25, -0.2) is 4.79 Å². The summed E-state index contributed by atoms with van der Waals surface area (Å²) < 4.78 is 117. The fourth-order valence-electron chi connectivity index (χ4n) is 1.59. The van der Waals surface area contributed by atoms with Gasteiger partial charge in [0.25, 0.3) is 0 Å². The Kier molecular flexibility index (Phi) is 7.05. The molecule has 1 amide bonds. The third-order valence-corrected chi connectivity index (χ3v) is 3.86. The van der Waals surface area contributed by atoms with Crippen LogP contribution in [0.15, 0.2) is 42.7 Å². The Morgan fingerprint density at radius 2 is 1.62 bits per heavy atom. The third-order valence-electron chi connectivity index (χ3n) is 2.98. The van der Waals surface area contributed by atoms with Crippen LogP contribution >= 0.6 is 0 Å². The molecule has 0 bridgehead atoms. The summed E-state index contributed by atoms with van der Waals surface area (Å²) in [5, 5.41) is -3.81. The second-order valence-electron chi connectivity index (χ2n) is 5.13. The van der Waals surface area contributed by atoms with Crippen molar-refractivity contribution in [2.24, 2.45) is 0 Å². The fourth-order valence-corrected chi connectivity index (χ4v) is 1.80. The zero-order valence-corrected chi connectivity index (χ0v) is 14.7. The highest BCUT2D eigenvalue weighted by atomic mass is 32.2. The topological polar surface area (TPSA) is 119 Å². The maximum Gasteiger partial charge on any atom is 0.466 e. The van der Waals surface area contributed by atoms with Crippen LogP contribution in [0.4, 0.5) is 32.0 Å². The average molecular weight is 451 g/mol. The number of carbonyl (C=O) groups is 2. The van der Waals surface area contributed by atoms with Gasteiger partial charge in [-0.15, -0.1) is 0 Å². The van der Waals surface area contributed by atoms with Gasteiger partial charge >= 0.3 is 39.2 Å². The lowest BCUT2D eigenvalue weighted by atomic mass is 10.2. The van der Waals surface area contributed by atoms with E-state index in [-0.39, 0.29) is 5.69 Å². The lowest BCUT2D eigenvalue weighted by Gasteiger charge is -2.33. The van der Waals surface area contributed by atoms with Crippen molar-refractivity contribution in [1.82, 2.24) is 0 Å². The Balaban J connectivity index is 3.44. The van der Waals surface area contributed by atoms with Gasteiger partial charge in [0, 0.05) is 5.69 Å². The molecule has 29 heavy (non-hydrogen) atoms. The molecule has 1 unspecified atom stereocenters. The highest BCUT2D eigenvalue weighted by Crippen LogP contribution is 2.38. The summed E-state index contributed by atoms with van der Waals surface area (Å²) in [6, 6.07) is 5.97. The van der Waals surface area contributed by atoms with E-state index < -0.39 is 51.6 Å². The van der Waals surface area contributed by atoms with Crippen molar-refractivity contribution < 1.29 is 58.4 Å². The molecule has 0 aromatic heterocycles. The molecule has 0 spiro atoms. The highest BCUT2D eigenvalue weighted by Gasteiger charge is 2.68. The van der Waals surface area contributed by atoms with Gasteiger partial charge in [-0.05, 0) is 12.1 Å². The molecule has 162 valence electrons. The number of rotatable bonds is 8. The van der Waals surface area contributed by atoms with Crippen molar-refractivity contribution in [3.8, 4) is 0 Å². The van der Waals surface area contributed by atoms with Crippen LogP contribution in [-0.4, -0.2) is 48.7 Å². The molecule has 0 aliphatic rings. The minimum Gasteiger partial charge on any atom is -0.410 e. The van der Waals surface area contributed by atoms with Crippen molar-refractivity contribution in [3.63, 3.8) is 0 Å². The average Bonchev–Trinajstić information content (AvgIpc) is 2.56. The molecule has 0 fully saturated rings. The Labute approximate surface area is 158 Å². The van der Waals surface area contributed by atoms with Gasteiger partial charge in [-0.2, -0.15) is 34.8 Å². The second kappa shape index (κ2) is 8.38. The van der Waals surface area contributed by atoms with E-state index in [2.05, 4.69) is 16.1 Å². The summed E-state index contributed by atoms with van der Waals surface area (Å²) >= 11 is 0. The van der Waals surface area contributed by atoms with Gasteiger partial charge in [0.15, 0.2) is 0 Å². The zero-order valence-electron chi connectivity index (χ0n) is 13.9. The maximum atomic E-state index is 13.6. The molecular formula is C14H11F6NO7S. The SMILES string of the molecule is C=C(F)C(=O)OC(OCC(F)(F)S(=O)(=O)O)(C(=O)Nc1ccccc1)C(F)(F)F. The van der Waals surface area contributed by atoms with Crippen LogP contribution in [0.5, 0.6) is 0 Å². The van der Waals surface area contributed by atoms with Crippen LogP contribution in [0.1, 0.15) is 0 Å². The predicted octanol–water partition coefficient (Wildman–Crippen LogP) is 2.41. The van der Waals surface area contributed by atoms with Crippen LogP contribution in [0.25, 0.3) is 0 Å². The van der Waals surface area contributed by atoms with Gasteiger partial charge in [0.1, 0.15) is 6.61 Å². The van der Waals surface area contributed by atoms with Crippen molar-refractivity contribution in [2.75, 3.05) is 11.9 Å². The number of benzene rings is 1. The Morgan fingerprint density at radius 1 is 1.10 bits per heavy atom. The summed E-state index contributed by atoms with van der Waals surface area (Å²) in [6.07, 6.45) is -6.12. The smallest absolute Gasteiger partial charge is 0.410 e. The molecule has 2 N–H and O–H groups in total. The lowest BCUT2D eigenvalue weighted by Crippen LogP contribution is -2.61. The molecule has 15 heteroatoms. The Bertz CT molecular complexity index is 887. The summed E-state index contributed by atoms with van der Waals surface area (Å²) in [4.78, 5) is 23.4. The number of hydrogen-bond acceptors (Lipinski definition) is 6. The Hall–Kier alpha value is -2.65. The van der Waals surface area contributed by atoms with Gasteiger partial charge in [-0.1, -0.05) is 24.8 Å². The van der Waals surface area contributed by atoms with Gasteiger partial charge in [0.05, 0.1) is 0 Å². The summed E-state index contributed by atoms with van der Waals surface area (Å²) in [5.74, 6) is -12.0. The van der Waals surface area contributed by atoms with Crippen molar-refractivity contribution in [3.05, 3.63) is 42.7 Å². The largest absolute Gasteiger partial charge is 0.466 e. The minimum atomic E-state index is -6.29. The number of nitrogens with one attached hydrogen (secondary N) is 1. The van der Waals surface area contributed by atoms with Crippen molar-refractivity contribution in [1.29, 1.82) is 0 Å². The van der Waals surface area contributed by atoms with Gasteiger partial charge in [-0.3, -0.25) is 9.35 Å². The molecule has 1 aromatic carbocycles. The number of esters is 1. The van der Waals surface area contributed by atoms with E-state index in [1.807, 2.05) is 0 Å². The van der Waals surface area contributed by atoms with Crippen molar-refractivity contribution >= 4 is 27.7 Å². The first-order valence-corrected chi connectivity index (χ1v) is 8.47. The van der Waals surface area contributed by atoms with E-state index in [4.69, 9.17) is 4.55 Å². The quantitative estimate of drug-likeness (QED) is 0.205. The maximum absolute atomic E-state index is 13.6. The number of ether oxygens (including phenoxy) is 2. The van der Waals surface area contributed by atoms with E-state index >= 15 is 0 Å². The molecule has 0 heterocycles. The zero-order chi connectivity index (χ0) is 22.7. The van der Waals surface area contributed by atoms with E-state index in [0.717, 1.165) is 12.1 Å². The van der Waals surface area contributed by atoms with Crippen LogP contribution < -0.4 is 5.32 Å². The van der Waals surface area contributed by atoms with Crippen LogP contribution in [0.3, 0.4) is 0 Å². The molecule has 1 atom stereocenters.